The summed E-state index contributed by atoms with van der Waals surface area (Å²) in [6.07, 6.45) is -3.47. The van der Waals surface area contributed by atoms with Crippen LogP contribution in [0, 0.1) is 0 Å². The first-order chi connectivity index (χ1) is 14.3. The van der Waals surface area contributed by atoms with Crippen LogP contribution in [0.3, 0.4) is 0 Å². The van der Waals surface area contributed by atoms with Crippen molar-refractivity contribution in [2.24, 2.45) is 0 Å². The number of carbonyl (C=O) groups excluding carboxylic acids is 2. The van der Waals surface area contributed by atoms with Gasteiger partial charge in [0.15, 0.2) is 0 Å². The minimum atomic E-state index is -4.84. The number of anilines is 2. The molecule has 1 aromatic heterocycles. The van der Waals surface area contributed by atoms with Crippen molar-refractivity contribution in [2.45, 2.75) is 18.8 Å². The molecule has 10 heteroatoms. The monoisotopic (exact) mass is 416 g/mol. The van der Waals surface area contributed by atoms with Crippen LogP contribution < -0.4 is 15.4 Å². The predicted molar refractivity (Wildman–Crippen MR) is 102 cm³/mol. The molecule has 0 saturated heterocycles. The van der Waals surface area contributed by atoms with Crippen molar-refractivity contribution in [2.75, 3.05) is 10.6 Å². The molecular formula is C20H15F3N4O3. The number of ether oxygens (including phenoxy) is 1. The smallest absolute Gasteiger partial charge is 0.406 e. The number of hydrogen-bond donors (Lipinski definition) is 2. The van der Waals surface area contributed by atoms with Gasteiger partial charge in [0, 0.05) is 17.3 Å². The van der Waals surface area contributed by atoms with Gasteiger partial charge in [0.2, 0.25) is 5.91 Å². The molecule has 0 saturated carbocycles. The fraction of sp³-hybridized carbons (Fsp3) is 0.150. The van der Waals surface area contributed by atoms with E-state index in [2.05, 4.69) is 20.5 Å². The first-order valence-electron chi connectivity index (χ1n) is 8.89. The molecule has 0 aliphatic carbocycles. The lowest BCUT2D eigenvalue weighted by molar-refractivity contribution is -0.274. The van der Waals surface area contributed by atoms with Crippen LogP contribution in [0.15, 0.2) is 60.8 Å². The van der Waals surface area contributed by atoms with Crippen LogP contribution in [0.1, 0.15) is 12.5 Å². The fourth-order valence-corrected chi connectivity index (χ4v) is 3.20. The molecule has 2 amide bonds. The molecular weight excluding hydrogens is 401 g/mol. The number of rotatable bonds is 5. The Hall–Kier alpha value is -3.82. The highest BCUT2D eigenvalue weighted by atomic mass is 19.4. The van der Waals surface area contributed by atoms with Crippen molar-refractivity contribution in [1.29, 1.82) is 0 Å². The number of nitrogens with zero attached hydrogens (tertiary/aromatic N) is 2. The van der Waals surface area contributed by atoms with E-state index in [4.69, 9.17) is 0 Å². The molecule has 2 heterocycles. The molecule has 2 aromatic carbocycles. The lowest BCUT2D eigenvalue weighted by Gasteiger charge is -2.12. The van der Waals surface area contributed by atoms with E-state index < -0.39 is 24.1 Å². The van der Waals surface area contributed by atoms with Crippen molar-refractivity contribution >= 4 is 23.3 Å². The van der Waals surface area contributed by atoms with Gasteiger partial charge in [-0.05, 0) is 17.7 Å². The van der Waals surface area contributed by atoms with Gasteiger partial charge < -0.3 is 15.4 Å². The van der Waals surface area contributed by atoms with Gasteiger partial charge in [-0.15, -0.1) is 13.2 Å². The summed E-state index contributed by atoms with van der Waals surface area (Å²) >= 11 is 0. The second-order valence-electron chi connectivity index (χ2n) is 6.55. The van der Waals surface area contributed by atoms with Crippen LogP contribution in [0.2, 0.25) is 0 Å². The second-order valence-corrected chi connectivity index (χ2v) is 6.55. The molecule has 0 spiro atoms. The van der Waals surface area contributed by atoms with Crippen LogP contribution in [-0.2, 0) is 9.59 Å². The van der Waals surface area contributed by atoms with Gasteiger partial charge in [-0.25, -0.2) is 4.68 Å². The maximum atomic E-state index is 12.4. The Morgan fingerprint density at radius 1 is 1.17 bits per heavy atom. The Labute approximate surface area is 168 Å². The molecule has 1 aliphatic heterocycles. The Bertz CT molecular complexity index is 1100. The number of carbonyl (C=O) groups is 2. The van der Waals surface area contributed by atoms with Crippen LogP contribution in [-0.4, -0.2) is 28.0 Å². The van der Waals surface area contributed by atoms with E-state index in [0.29, 0.717) is 5.82 Å². The van der Waals surface area contributed by atoms with Gasteiger partial charge in [0.05, 0.1) is 12.6 Å². The Morgan fingerprint density at radius 2 is 1.93 bits per heavy atom. The van der Waals surface area contributed by atoms with E-state index in [0.717, 1.165) is 23.3 Å². The number of benzene rings is 2. The lowest BCUT2D eigenvalue weighted by Crippen LogP contribution is -2.23. The van der Waals surface area contributed by atoms with E-state index in [9.17, 15) is 22.8 Å². The molecule has 0 fully saturated rings. The number of halogens is 3. The van der Waals surface area contributed by atoms with Gasteiger partial charge in [-0.2, -0.15) is 5.10 Å². The number of alkyl halides is 3. The summed E-state index contributed by atoms with van der Waals surface area (Å²) in [4.78, 5) is 24.8. The zero-order valence-corrected chi connectivity index (χ0v) is 15.3. The second kappa shape index (κ2) is 7.54. The van der Waals surface area contributed by atoms with Gasteiger partial charge in [0.25, 0.3) is 5.91 Å². The number of hydrogen-bond acceptors (Lipinski definition) is 4. The molecule has 1 aliphatic rings. The number of aromatic nitrogens is 2. The van der Waals surface area contributed by atoms with E-state index in [1.54, 1.807) is 6.20 Å². The molecule has 0 radical (unpaired) electrons. The van der Waals surface area contributed by atoms with Crippen molar-refractivity contribution in [3.63, 3.8) is 0 Å². The third kappa shape index (κ3) is 4.12. The van der Waals surface area contributed by atoms with Crippen molar-refractivity contribution in [3.8, 4) is 16.9 Å². The molecule has 3 aromatic rings. The van der Waals surface area contributed by atoms with Crippen LogP contribution in [0.5, 0.6) is 5.75 Å². The third-order valence-corrected chi connectivity index (χ3v) is 4.45. The Morgan fingerprint density at radius 3 is 2.67 bits per heavy atom. The molecule has 154 valence electrons. The summed E-state index contributed by atoms with van der Waals surface area (Å²) in [5.41, 5.74) is 1.71. The van der Waals surface area contributed by atoms with Crippen molar-refractivity contribution < 1.29 is 27.5 Å². The van der Waals surface area contributed by atoms with Gasteiger partial charge >= 0.3 is 6.36 Å². The summed E-state index contributed by atoms with van der Waals surface area (Å²) < 4.78 is 42.3. The molecule has 30 heavy (non-hydrogen) atoms. The van der Waals surface area contributed by atoms with Gasteiger partial charge in [0.1, 0.15) is 17.6 Å². The van der Waals surface area contributed by atoms with Crippen LogP contribution in [0.25, 0.3) is 11.1 Å². The number of fused-ring (bicyclic) bond motifs is 1. The minimum Gasteiger partial charge on any atom is -0.406 e. The molecule has 0 bridgehead atoms. The largest absolute Gasteiger partial charge is 0.573 e. The number of amides is 2. The summed E-state index contributed by atoms with van der Waals surface area (Å²) in [7, 11) is 0. The van der Waals surface area contributed by atoms with Crippen molar-refractivity contribution in [3.05, 3.63) is 60.8 Å². The third-order valence-electron chi connectivity index (χ3n) is 4.45. The predicted octanol–water partition coefficient (Wildman–Crippen LogP) is 3.97. The molecule has 1 atom stereocenters. The first kappa shape index (κ1) is 19.5. The topological polar surface area (TPSA) is 85.2 Å². The van der Waals surface area contributed by atoms with Crippen LogP contribution >= 0.6 is 0 Å². The zero-order valence-electron chi connectivity index (χ0n) is 15.3. The van der Waals surface area contributed by atoms with E-state index in [1.807, 2.05) is 30.3 Å². The summed E-state index contributed by atoms with van der Waals surface area (Å²) in [5.74, 6) is -0.908. The maximum Gasteiger partial charge on any atom is 0.573 e. The molecule has 4 rings (SSSR count). The van der Waals surface area contributed by atoms with E-state index >= 15 is 0 Å². The van der Waals surface area contributed by atoms with Gasteiger partial charge in [-0.1, -0.05) is 36.4 Å². The highest BCUT2D eigenvalue weighted by Crippen LogP contribution is 2.35. The molecule has 2 N–H and O–H groups in total. The SMILES string of the molecule is O=C(CC1C(=O)Nc2c(-c3ccccc3)cnn21)Nc1cccc(OC(F)(F)F)c1. The average Bonchev–Trinajstić information content (AvgIpc) is 3.21. The lowest BCUT2D eigenvalue weighted by atomic mass is 10.1. The minimum absolute atomic E-state index is 0.116. The van der Waals surface area contributed by atoms with E-state index in [1.165, 1.54) is 16.8 Å². The highest BCUT2D eigenvalue weighted by Gasteiger charge is 2.35. The normalized spacial score (nSPS) is 15.4. The number of nitrogens with one attached hydrogen (secondary N) is 2. The Balaban J connectivity index is 1.47. The van der Waals surface area contributed by atoms with Crippen LogP contribution in [0.4, 0.5) is 24.7 Å². The zero-order chi connectivity index (χ0) is 21.3. The highest BCUT2D eigenvalue weighted by molar-refractivity contribution is 6.04. The average molecular weight is 416 g/mol. The van der Waals surface area contributed by atoms with Crippen molar-refractivity contribution in [1.82, 2.24) is 9.78 Å². The Kier molecular flexibility index (Phi) is 4.90. The summed E-state index contributed by atoms with van der Waals surface area (Å²) in [5, 5.41) is 9.44. The van der Waals surface area contributed by atoms with E-state index in [-0.39, 0.29) is 18.0 Å². The van der Waals surface area contributed by atoms with Gasteiger partial charge in [-0.3, -0.25) is 9.59 Å². The summed E-state index contributed by atoms with van der Waals surface area (Å²) in [6, 6.07) is 13.4. The maximum absolute atomic E-state index is 12.4. The first-order valence-corrected chi connectivity index (χ1v) is 8.89. The molecule has 1 unspecified atom stereocenters. The summed E-state index contributed by atoms with van der Waals surface area (Å²) in [6.45, 7) is 0. The standard InChI is InChI=1S/C20H15F3N4O3/c21-20(22,23)30-14-8-4-7-13(9-14)25-17(28)10-16-19(29)26-18-15(11-24-27(16)18)12-5-2-1-3-6-12/h1-9,11,16H,10H2,(H,25,28)(H,26,29). The molecule has 7 nitrogen and oxygen atoms in total. The quantitative estimate of drug-likeness (QED) is 0.659. The fourth-order valence-electron chi connectivity index (χ4n) is 3.20.